The van der Waals surface area contributed by atoms with Crippen molar-refractivity contribution in [3.63, 3.8) is 0 Å². The maximum absolute atomic E-state index is 4.58. The summed E-state index contributed by atoms with van der Waals surface area (Å²) in [4.78, 5) is 8.36. The molecule has 1 aliphatic heterocycles. The van der Waals surface area contributed by atoms with Gasteiger partial charge in [0.1, 0.15) is 0 Å². The van der Waals surface area contributed by atoms with E-state index in [1.54, 1.807) is 0 Å². The molecule has 0 aromatic carbocycles. The zero-order valence-electron chi connectivity index (χ0n) is 11.3. The molecule has 1 saturated heterocycles. The van der Waals surface area contributed by atoms with E-state index in [0.29, 0.717) is 6.04 Å². The molecule has 17 heavy (non-hydrogen) atoms. The Kier molecular flexibility index (Phi) is 3.73. The third-order valence-corrected chi connectivity index (χ3v) is 4.38. The van der Waals surface area contributed by atoms with E-state index in [2.05, 4.69) is 42.9 Å². The first-order chi connectivity index (χ1) is 7.99. The van der Waals surface area contributed by atoms with Crippen LogP contribution < -0.4 is 10.2 Å². The summed E-state index contributed by atoms with van der Waals surface area (Å²) in [5, 5.41) is 4.63. The van der Waals surface area contributed by atoms with Crippen molar-refractivity contribution in [2.45, 2.75) is 58.7 Å². The quantitative estimate of drug-likeness (QED) is 0.894. The summed E-state index contributed by atoms with van der Waals surface area (Å²) < 4.78 is 0. The van der Waals surface area contributed by atoms with E-state index in [1.807, 2.05) is 17.5 Å². The van der Waals surface area contributed by atoms with E-state index in [0.717, 1.165) is 13.1 Å². The molecule has 0 saturated carbocycles. The van der Waals surface area contributed by atoms with Gasteiger partial charge in [-0.05, 0) is 26.7 Å². The zero-order valence-corrected chi connectivity index (χ0v) is 12.1. The summed E-state index contributed by atoms with van der Waals surface area (Å²) in [5.41, 5.74) is 0.278. The van der Waals surface area contributed by atoms with E-state index in [-0.39, 0.29) is 5.54 Å². The van der Waals surface area contributed by atoms with Gasteiger partial charge in [-0.25, -0.2) is 4.98 Å². The molecule has 0 aliphatic carbocycles. The zero-order chi connectivity index (χ0) is 12.5. The molecular formula is C13H23N3S. The largest absolute Gasteiger partial charge is 0.343 e. The molecule has 2 heterocycles. The minimum Gasteiger partial charge on any atom is -0.343 e. The van der Waals surface area contributed by atoms with Gasteiger partial charge in [-0.1, -0.05) is 13.8 Å². The second-order valence-corrected chi connectivity index (χ2v) is 6.81. The van der Waals surface area contributed by atoms with Crippen LogP contribution in [0.3, 0.4) is 0 Å². The normalized spacial score (nSPS) is 19.2. The number of anilines is 1. The second kappa shape index (κ2) is 4.94. The van der Waals surface area contributed by atoms with Gasteiger partial charge in [0, 0.05) is 35.7 Å². The SMILES string of the molecule is CC(C)NCc1cnc(N2CCCC2(C)C)s1. The summed E-state index contributed by atoms with van der Waals surface area (Å²) in [6.07, 6.45) is 4.57. The summed E-state index contributed by atoms with van der Waals surface area (Å²) in [6.45, 7) is 11.1. The Morgan fingerprint density at radius 3 is 2.88 bits per heavy atom. The minimum absolute atomic E-state index is 0.278. The molecule has 0 atom stereocenters. The maximum Gasteiger partial charge on any atom is 0.185 e. The molecule has 0 bridgehead atoms. The molecular weight excluding hydrogens is 230 g/mol. The predicted octanol–water partition coefficient (Wildman–Crippen LogP) is 3.02. The van der Waals surface area contributed by atoms with Crippen LogP contribution in [-0.2, 0) is 6.54 Å². The molecule has 3 nitrogen and oxygen atoms in total. The fraction of sp³-hybridized carbons (Fsp3) is 0.769. The van der Waals surface area contributed by atoms with Gasteiger partial charge >= 0.3 is 0 Å². The van der Waals surface area contributed by atoms with Gasteiger partial charge in [-0.3, -0.25) is 0 Å². The van der Waals surface area contributed by atoms with E-state index < -0.39 is 0 Å². The summed E-state index contributed by atoms with van der Waals surface area (Å²) in [7, 11) is 0. The Morgan fingerprint density at radius 2 is 2.29 bits per heavy atom. The predicted molar refractivity (Wildman–Crippen MR) is 74.7 cm³/mol. The molecule has 0 amide bonds. The van der Waals surface area contributed by atoms with Gasteiger partial charge in [-0.2, -0.15) is 0 Å². The average molecular weight is 253 g/mol. The molecule has 1 N–H and O–H groups in total. The van der Waals surface area contributed by atoms with Crippen molar-refractivity contribution in [1.29, 1.82) is 0 Å². The maximum atomic E-state index is 4.58. The van der Waals surface area contributed by atoms with Crippen LogP contribution in [0.4, 0.5) is 5.13 Å². The highest BCUT2D eigenvalue weighted by Gasteiger charge is 2.33. The van der Waals surface area contributed by atoms with Gasteiger partial charge in [-0.15, -0.1) is 11.3 Å². The van der Waals surface area contributed by atoms with Crippen molar-refractivity contribution in [1.82, 2.24) is 10.3 Å². The molecule has 1 fully saturated rings. The number of thiazole rings is 1. The number of hydrogen-bond donors (Lipinski definition) is 1. The van der Waals surface area contributed by atoms with Gasteiger partial charge in [0.2, 0.25) is 0 Å². The number of nitrogens with zero attached hydrogens (tertiary/aromatic N) is 2. The fourth-order valence-electron chi connectivity index (χ4n) is 2.27. The Labute approximate surface area is 108 Å². The smallest absolute Gasteiger partial charge is 0.185 e. The van der Waals surface area contributed by atoms with Gasteiger partial charge in [0.25, 0.3) is 0 Å². The number of rotatable bonds is 4. The molecule has 96 valence electrons. The van der Waals surface area contributed by atoms with Crippen LogP contribution >= 0.6 is 11.3 Å². The van der Waals surface area contributed by atoms with Crippen molar-refractivity contribution in [2.24, 2.45) is 0 Å². The first-order valence-electron chi connectivity index (χ1n) is 6.45. The molecule has 4 heteroatoms. The minimum atomic E-state index is 0.278. The van der Waals surface area contributed by atoms with Crippen molar-refractivity contribution in [3.8, 4) is 0 Å². The molecule has 0 spiro atoms. The van der Waals surface area contributed by atoms with Crippen molar-refractivity contribution < 1.29 is 0 Å². The third-order valence-electron chi connectivity index (χ3n) is 3.36. The molecule has 1 aromatic heterocycles. The Bertz CT molecular complexity index is 370. The van der Waals surface area contributed by atoms with Crippen LogP contribution in [0.15, 0.2) is 6.20 Å². The lowest BCUT2D eigenvalue weighted by molar-refractivity contribution is 0.517. The van der Waals surface area contributed by atoms with Gasteiger partial charge in [0.05, 0.1) is 0 Å². The first kappa shape index (κ1) is 12.8. The molecule has 0 radical (unpaired) electrons. The van der Waals surface area contributed by atoms with Crippen LogP contribution in [0.2, 0.25) is 0 Å². The first-order valence-corrected chi connectivity index (χ1v) is 7.26. The van der Waals surface area contributed by atoms with Crippen LogP contribution in [-0.4, -0.2) is 23.1 Å². The number of hydrogen-bond acceptors (Lipinski definition) is 4. The molecule has 0 unspecified atom stereocenters. The third kappa shape index (κ3) is 2.99. The molecule has 2 rings (SSSR count). The highest BCUT2D eigenvalue weighted by Crippen LogP contribution is 2.35. The standard InChI is InChI=1S/C13H23N3S/c1-10(2)14-8-11-9-15-12(17-11)16-7-5-6-13(16,3)4/h9-10,14H,5-8H2,1-4H3. The number of nitrogens with one attached hydrogen (secondary N) is 1. The van der Waals surface area contributed by atoms with E-state index in [4.69, 9.17) is 0 Å². The highest BCUT2D eigenvalue weighted by atomic mass is 32.1. The second-order valence-electron chi connectivity index (χ2n) is 5.71. The lowest BCUT2D eigenvalue weighted by Crippen LogP contribution is -2.37. The van der Waals surface area contributed by atoms with Gasteiger partial charge in [0.15, 0.2) is 5.13 Å². The van der Waals surface area contributed by atoms with Crippen LogP contribution in [0, 0.1) is 0 Å². The lowest BCUT2D eigenvalue weighted by Gasteiger charge is -2.31. The molecule has 1 aliphatic rings. The van der Waals surface area contributed by atoms with E-state index in [9.17, 15) is 0 Å². The highest BCUT2D eigenvalue weighted by molar-refractivity contribution is 7.15. The fourth-order valence-corrected chi connectivity index (χ4v) is 3.32. The number of aromatic nitrogens is 1. The van der Waals surface area contributed by atoms with Crippen molar-refractivity contribution in [3.05, 3.63) is 11.1 Å². The summed E-state index contributed by atoms with van der Waals surface area (Å²) in [6, 6.07) is 0.531. The summed E-state index contributed by atoms with van der Waals surface area (Å²) in [5.74, 6) is 0. The Balaban J connectivity index is 2.03. The average Bonchev–Trinajstić information content (AvgIpc) is 2.80. The lowest BCUT2D eigenvalue weighted by atomic mass is 10.0. The van der Waals surface area contributed by atoms with Gasteiger partial charge < -0.3 is 10.2 Å². The van der Waals surface area contributed by atoms with Crippen molar-refractivity contribution in [2.75, 3.05) is 11.4 Å². The van der Waals surface area contributed by atoms with Crippen LogP contribution in [0.1, 0.15) is 45.4 Å². The topological polar surface area (TPSA) is 28.2 Å². The molecule has 1 aromatic rings. The van der Waals surface area contributed by atoms with Crippen LogP contribution in [0.25, 0.3) is 0 Å². The van der Waals surface area contributed by atoms with E-state index >= 15 is 0 Å². The Hall–Kier alpha value is -0.610. The van der Waals surface area contributed by atoms with Crippen LogP contribution in [0.5, 0.6) is 0 Å². The summed E-state index contributed by atoms with van der Waals surface area (Å²) >= 11 is 1.83. The van der Waals surface area contributed by atoms with Crippen molar-refractivity contribution >= 4 is 16.5 Å². The Morgan fingerprint density at radius 1 is 1.53 bits per heavy atom. The van der Waals surface area contributed by atoms with E-state index in [1.165, 1.54) is 22.9 Å². The monoisotopic (exact) mass is 253 g/mol.